The first-order valence-electron chi connectivity index (χ1n) is 11.3. The molecule has 0 unspecified atom stereocenters. The first kappa shape index (κ1) is 23.3. The van der Waals surface area contributed by atoms with Crippen molar-refractivity contribution in [2.24, 2.45) is 0 Å². The fourth-order valence-corrected chi connectivity index (χ4v) is 4.25. The molecule has 1 aromatic heterocycles. The maximum absolute atomic E-state index is 10.8. The first-order chi connectivity index (χ1) is 15.9. The molecule has 0 atom stereocenters. The molecule has 33 heavy (non-hydrogen) atoms. The first-order valence-corrected chi connectivity index (χ1v) is 11.6. The van der Waals surface area contributed by atoms with Gasteiger partial charge in [0.1, 0.15) is 5.75 Å². The molecule has 174 valence electrons. The highest BCUT2D eigenvalue weighted by atomic mass is 35.5. The highest BCUT2D eigenvalue weighted by Crippen LogP contribution is 2.31. The van der Waals surface area contributed by atoms with Crippen LogP contribution in [-0.2, 0) is 17.6 Å². The third kappa shape index (κ3) is 5.92. The second-order valence-corrected chi connectivity index (χ2v) is 8.96. The largest absolute Gasteiger partial charge is 0.489 e. The maximum Gasteiger partial charge on any atom is 0.303 e. The van der Waals surface area contributed by atoms with E-state index < -0.39 is 5.97 Å². The number of carboxylic acid groups (broad SMARTS) is 1. The predicted molar refractivity (Wildman–Crippen MR) is 127 cm³/mol. The molecule has 3 aromatic rings. The molecule has 2 aromatic carbocycles. The van der Waals surface area contributed by atoms with Gasteiger partial charge in [0.15, 0.2) is 0 Å². The molecule has 0 bridgehead atoms. The highest BCUT2D eigenvalue weighted by Gasteiger charge is 2.17. The average molecular weight is 470 g/mol. The van der Waals surface area contributed by atoms with Crippen LogP contribution >= 0.6 is 11.6 Å². The van der Waals surface area contributed by atoms with Crippen LogP contribution in [0, 0.1) is 0 Å². The van der Waals surface area contributed by atoms with Gasteiger partial charge in [0.2, 0.25) is 5.82 Å². The number of halogens is 1. The van der Waals surface area contributed by atoms with Crippen molar-refractivity contribution >= 4 is 17.6 Å². The van der Waals surface area contributed by atoms with Crippen LogP contribution in [0.1, 0.15) is 37.8 Å². The number of fused-ring (bicyclic) bond motifs is 1. The summed E-state index contributed by atoms with van der Waals surface area (Å²) >= 11 is 6.35. The van der Waals surface area contributed by atoms with E-state index in [-0.39, 0.29) is 12.5 Å². The quantitative estimate of drug-likeness (QED) is 0.490. The van der Waals surface area contributed by atoms with E-state index in [1.165, 1.54) is 11.1 Å². The Morgan fingerprint density at radius 3 is 2.64 bits per heavy atom. The van der Waals surface area contributed by atoms with Gasteiger partial charge in [0, 0.05) is 30.6 Å². The van der Waals surface area contributed by atoms with Gasteiger partial charge in [-0.05, 0) is 75.0 Å². The van der Waals surface area contributed by atoms with Crippen molar-refractivity contribution in [1.29, 1.82) is 0 Å². The highest BCUT2D eigenvalue weighted by molar-refractivity contribution is 6.32. The average Bonchev–Trinajstić information content (AvgIpc) is 3.18. The molecular formula is C25H28ClN3O4. The minimum Gasteiger partial charge on any atom is -0.489 e. The Morgan fingerprint density at radius 2 is 1.91 bits per heavy atom. The van der Waals surface area contributed by atoms with E-state index in [4.69, 9.17) is 26.0 Å². The van der Waals surface area contributed by atoms with E-state index in [0.29, 0.717) is 28.9 Å². The molecule has 0 amide bonds. The van der Waals surface area contributed by atoms with Crippen molar-refractivity contribution in [3.05, 3.63) is 52.5 Å². The zero-order valence-electron chi connectivity index (χ0n) is 18.9. The third-order valence-corrected chi connectivity index (χ3v) is 5.99. The smallest absolute Gasteiger partial charge is 0.303 e. The summed E-state index contributed by atoms with van der Waals surface area (Å²) in [6.07, 6.45) is 2.79. The summed E-state index contributed by atoms with van der Waals surface area (Å²) in [5, 5.41) is 13.5. The zero-order valence-corrected chi connectivity index (χ0v) is 19.6. The van der Waals surface area contributed by atoms with Crippen LogP contribution in [0.2, 0.25) is 5.02 Å². The molecule has 4 rings (SSSR count). The van der Waals surface area contributed by atoms with Crippen LogP contribution in [0.4, 0.5) is 0 Å². The monoisotopic (exact) mass is 469 g/mol. The molecular weight excluding hydrogens is 442 g/mol. The molecule has 2 heterocycles. The number of hydrogen-bond acceptors (Lipinski definition) is 6. The normalized spacial score (nSPS) is 14.2. The minimum absolute atomic E-state index is 0.0355. The maximum atomic E-state index is 10.8. The lowest BCUT2D eigenvalue weighted by atomic mass is 10.00. The van der Waals surface area contributed by atoms with Gasteiger partial charge in [-0.2, -0.15) is 4.98 Å². The Balaban J connectivity index is 1.46. The summed E-state index contributed by atoms with van der Waals surface area (Å²) in [6.45, 7) is 6.56. The van der Waals surface area contributed by atoms with Crippen molar-refractivity contribution in [3.8, 4) is 28.6 Å². The van der Waals surface area contributed by atoms with Gasteiger partial charge in [-0.15, -0.1) is 0 Å². The van der Waals surface area contributed by atoms with E-state index >= 15 is 0 Å². The van der Waals surface area contributed by atoms with Crippen LogP contribution in [0.5, 0.6) is 5.75 Å². The molecule has 1 aliphatic rings. The lowest BCUT2D eigenvalue weighted by Crippen LogP contribution is -2.27. The number of carboxylic acids is 1. The van der Waals surface area contributed by atoms with E-state index in [1.54, 1.807) is 6.07 Å². The molecule has 7 nitrogen and oxygen atoms in total. The molecule has 0 radical (unpaired) electrons. The molecule has 0 saturated carbocycles. The van der Waals surface area contributed by atoms with Crippen LogP contribution in [0.3, 0.4) is 0 Å². The Hall–Kier alpha value is -2.90. The van der Waals surface area contributed by atoms with Gasteiger partial charge in [-0.1, -0.05) is 28.9 Å². The SMILES string of the molecule is CC(C)Oc1ccc(-c2nc(-c3ccc4c(c3)CCN(CCCC(=O)O)CC4)no2)cc1Cl. The van der Waals surface area contributed by atoms with Gasteiger partial charge in [0.25, 0.3) is 5.89 Å². The molecule has 0 saturated heterocycles. The fraction of sp³-hybridized carbons (Fsp3) is 0.400. The Labute approximate surface area is 198 Å². The molecule has 8 heteroatoms. The second-order valence-electron chi connectivity index (χ2n) is 8.56. The molecule has 0 aliphatic carbocycles. The number of aliphatic carboxylic acids is 1. The Kier molecular flexibility index (Phi) is 7.30. The topological polar surface area (TPSA) is 88.7 Å². The number of rotatable bonds is 8. The Bertz CT molecular complexity index is 1130. The number of aromatic nitrogens is 2. The standard InChI is InChI=1S/C25H28ClN3O4/c1-16(2)32-22-8-7-20(15-21(22)26)25-27-24(28-33-25)19-6-5-17-9-12-29(11-3-4-23(30)31)13-10-18(17)14-19/h5-8,14-16H,3-4,9-13H2,1-2H3,(H,30,31). The summed E-state index contributed by atoms with van der Waals surface area (Å²) in [5.41, 5.74) is 4.24. The van der Waals surface area contributed by atoms with Gasteiger partial charge in [0.05, 0.1) is 11.1 Å². The summed E-state index contributed by atoms with van der Waals surface area (Å²) in [6, 6.07) is 11.7. The van der Waals surface area contributed by atoms with Gasteiger partial charge < -0.3 is 19.3 Å². The van der Waals surface area contributed by atoms with E-state index in [0.717, 1.165) is 43.6 Å². The number of hydrogen-bond donors (Lipinski definition) is 1. The molecule has 0 spiro atoms. The van der Waals surface area contributed by atoms with Crippen molar-refractivity contribution in [2.75, 3.05) is 19.6 Å². The van der Waals surface area contributed by atoms with Crippen LogP contribution in [0.15, 0.2) is 40.9 Å². The second kappa shape index (κ2) is 10.4. The fourth-order valence-electron chi connectivity index (χ4n) is 4.03. The summed E-state index contributed by atoms with van der Waals surface area (Å²) in [7, 11) is 0. The van der Waals surface area contributed by atoms with Crippen LogP contribution in [-0.4, -0.2) is 51.9 Å². The van der Waals surface area contributed by atoms with E-state index in [9.17, 15) is 4.79 Å². The van der Waals surface area contributed by atoms with E-state index in [2.05, 4.69) is 27.2 Å². The molecule has 0 fully saturated rings. The van der Waals surface area contributed by atoms with Gasteiger partial charge in [-0.25, -0.2) is 0 Å². The number of benzene rings is 2. The summed E-state index contributed by atoms with van der Waals surface area (Å²) < 4.78 is 11.2. The third-order valence-electron chi connectivity index (χ3n) is 5.69. The van der Waals surface area contributed by atoms with Crippen molar-refractivity contribution in [2.45, 2.75) is 45.6 Å². The van der Waals surface area contributed by atoms with Crippen molar-refractivity contribution < 1.29 is 19.2 Å². The minimum atomic E-state index is -0.737. The summed E-state index contributed by atoms with van der Waals surface area (Å²) in [5.74, 6) is 0.828. The van der Waals surface area contributed by atoms with Crippen LogP contribution < -0.4 is 4.74 Å². The van der Waals surface area contributed by atoms with Crippen molar-refractivity contribution in [3.63, 3.8) is 0 Å². The zero-order chi connectivity index (χ0) is 23.4. The lowest BCUT2D eigenvalue weighted by molar-refractivity contribution is -0.137. The van der Waals surface area contributed by atoms with Crippen molar-refractivity contribution in [1.82, 2.24) is 15.0 Å². The van der Waals surface area contributed by atoms with Crippen LogP contribution in [0.25, 0.3) is 22.8 Å². The number of ether oxygens (including phenoxy) is 1. The number of carbonyl (C=O) groups is 1. The lowest BCUT2D eigenvalue weighted by Gasteiger charge is -2.18. The predicted octanol–water partition coefficient (Wildman–Crippen LogP) is 5.11. The van der Waals surface area contributed by atoms with Gasteiger partial charge in [-0.3, -0.25) is 4.79 Å². The Morgan fingerprint density at radius 1 is 1.15 bits per heavy atom. The molecule has 1 aliphatic heterocycles. The van der Waals surface area contributed by atoms with Gasteiger partial charge >= 0.3 is 5.97 Å². The van der Waals surface area contributed by atoms with E-state index in [1.807, 2.05) is 32.0 Å². The summed E-state index contributed by atoms with van der Waals surface area (Å²) in [4.78, 5) is 17.7. The molecule has 1 N–H and O–H groups in total. The number of nitrogens with zero attached hydrogens (tertiary/aromatic N) is 3.